The highest BCUT2D eigenvalue weighted by atomic mass is 19.4. The number of aromatic amines is 3. The Morgan fingerprint density at radius 3 is 2.10 bits per heavy atom. The van der Waals surface area contributed by atoms with Gasteiger partial charge in [-0.3, -0.25) is 9.59 Å². The maximum atomic E-state index is 13.6. The zero-order valence-corrected chi connectivity index (χ0v) is 32.1. The molecule has 318 valence electrons. The second-order valence-corrected chi connectivity index (χ2v) is 13.2. The molecule has 0 fully saturated rings. The third-order valence-corrected chi connectivity index (χ3v) is 8.98. The monoisotopic (exact) mass is 842 g/mol. The third-order valence-electron chi connectivity index (χ3n) is 8.98. The third kappa shape index (κ3) is 12.8. The van der Waals surface area contributed by atoms with Gasteiger partial charge in [-0.15, -0.1) is 0 Å². The number of halogens is 6. The first kappa shape index (κ1) is 45.8. The summed E-state index contributed by atoms with van der Waals surface area (Å²) < 4.78 is 68.5. The van der Waals surface area contributed by atoms with Gasteiger partial charge >= 0.3 is 12.4 Å². The van der Waals surface area contributed by atoms with Crippen molar-refractivity contribution >= 4 is 51.1 Å². The SMILES string of the molecule is COc1ccc2[nH]c(C)c(CC(=O)N[C@@H](CCCCNC(=O)c3ccccc3[NH3+])c3[nH]c(-c4ccc5ccccc5c4)c[nH+]3)c2c1.O=C([O-])C(F)(F)F.O=C([O-])C(F)(F)F. The van der Waals surface area contributed by atoms with E-state index in [9.17, 15) is 35.9 Å². The number of ether oxygens (including phenoxy) is 1. The summed E-state index contributed by atoms with van der Waals surface area (Å²) in [5, 5.41) is 27.2. The molecule has 6 aromatic rings. The molecule has 6 rings (SSSR count). The lowest BCUT2D eigenvalue weighted by molar-refractivity contribution is -0.391. The number of carboxylic acids is 2. The fourth-order valence-corrected chi connectivity index (χ4v) is 5.99. The van der Waals surface area contributed by atoms with Gasteiger partial charge in [-0.05, 0) is 85.0 Å². The van der Waals surface area contributed by atoms with Crippen LogP contribution in [-0.4, -0.2) is 59.7 Å². The number of hydrogen-bond acceptors (Lipinski definition) is 7. The van der Waals surface area contributed by atoms with Crippen molar-refractivity contribution in [3.8, 4) is 17.0 Å². The molecule has 2 aromatic heterocycles. The molecule has 1 atom stereocenters. The average molecular weight is 843 g/mol. The predicted octanol–water partition coefficient (Wildman–Crippen LogP) is 3.92. The van der Waals surface area contributed by atoms with Gasteiger partial charge in [0.2, 0.25) is 5.91 Å². The van der Waals surface area contributed by atoms with E-state index < -0.39 is 24.3 Å². The zero-order valence-electron chi connectivity index (χ0n) is 32.1. The first-order valence-electron chi connectivity index (χ1n) is 18.1. The first-order chi connectivity index (χ1) is 28.3. The minimum absolute atomic E-state index is 0.0765. The fourth-order valence-electron chi connectivity index (χ4n) is 5.99. The van der Waals surface area contributed by atoms with Gasteiger partial charge in [-0.1, -0.05) is 42.5 Å². The van der Waals surface area contributed by atoms with Crippen LogP contribution in [0.1, 0.15) is 52.7 Å². The molecule has 0 unspecified atom stereocenters. The van der Waals surface area contributed by atoms with Crippen LogP contribution in [0.15, 0.2) is 91.1 Å². The van der Waals surface area contributed by atoms with E-state index >= 15 is 0 Å². The van der Waals surface area contributed by atoms with Crippen LogP contribution in [0.25, 0.3) is 32.9 Å². The van der Waals surface area contributed by atoms with E-state index in [-0.39, 0.29) is 24.3 Å². The highest BCUT2D eigenvalue weighted by Crippen LogP contribution is 2.28. The van der Waals surface area contributed by atoms with Crippen molar-refractivity contribution in [2.24, 2.45) is 0 Å². The first-order valence-corrected chi connectivity index (χ1v) is 18.1. The Labute approximate surface area is 338 Å². The average Bonchev–Trinajstić information content (AvgIpc) is 3.81. The lowest BCUT2D eigenvalue weighted by Crippen LogP contribution is -2.43. The number of carboxylic acid groups (broad SMARTS) is 2. The number of fused-ring (bicyclic) bond motifs is 2. The maximum absolute atomic E-state index is 13.6. The molecule has 0 radical (unpaired) electrons. The van der Waals surface area contributed by atoms with Gasteiger partial charge in [0.15, 0.2) is 5.69 Å². The molecule has 60 heavy (non-hydrogen) atoms. The van der Waals surface area contributed by atoms with E-state index in [1.54, 1.807) is 13.2 Å². The maximum Gasteiger partial charge on any atom is 0.430 e. The second-order valence-electron chi connectivity index (χ2n) is 13.2. The van der Waals surface area contributed by atoms with Crippen LogP contribution < -0.4 is 36.3 Å². The van der Waals surface area contributed by atoms with E-state index in [1.165, 1.54) is 5.39 Å². The van der Waals surface area contributed by atoms with Gasteiger partial charge in [0, 0.05) is 28.7 Å². The van der Waals surface area contributed by atoms with Crippen molar-refractivity contribution in [2.75, 3.05) is 13.7 Å². The van der Waals surface area contributed by atoms with E-state index in [4.69, 9.17) is 24.5 Å². The number of alkyl halides is 6. The summed E-state index contributed by atoms with van der Waals surface area (Å²) in [5.41, 5.74) is 10.1. The number of aliphatic carboxylic acids is 2. The summed E-state index contributed by atoms with van der Waals surface area (Å²) >= 11 is 0. The van der Waals surface area contributed by atoms with Crippen molar-refractivity contribution in [3.63, 3.8) is 0 Å². The van der Waals surface area contributed by atoms with Gasteiger partial charge in [-0.2, -0.15) is 26.3 Å². The number of rotatable bonds is 12. The number of carbonyl (C=O) groups excluding carboxylic acids is 4. The molecule has 2 heterocycles. The number of unbranched alkanes of at least 4 members (excludes halogenated alkanes) is 1. The molecule has 19 heteroatoms. The van der Waals surface area contributed by atoms with E-state index in [1.807, 2.05) is 61.7 Å². The Morgan fingerprint density at radius 2 is 1.47 bits per heavy atom. The number of hydrogen-bond donors (Lipinski definition) is 5. The molecule has 0 saturated carbocycles. The minimum atomic E-state index is -5.19. The molecule has 13 nitrogen and oxygen atoms in total. The number of quaternary nitrogens is 1. The Bertz CT molecular complexity index is 2420. The number of H-pyrrole nitrogens is 3. The number of aromatic nitrogens is 3. The fraction of sp³-hybridized carbons (Fsp3) is 0.244. The van der Waals surface area contributed by atoms with Crippen LogP contribution in [0, 0.1) is 6.92 Å². The molecule has 0 aliphatic carbocycles. The van der Waals surface area contributed by atoms with Crippen LogP contribution in [0.4, 0.5) is 32.0 Å². The Morgan fingerprint density at radius 1 is 0.833 bits per heavy atom. The molecule has 0 bridgehead atoms. The summed E-state index contributed by atoms with van der Waals surface area (Å²) in [4.78, 5) is 54.1. The Hall–Kier alpha value is -6.89. The highest BCUT2D eigenvalue weighted by Gasteiger charge is 2.29. The second kappa shape index (κ2) is 20.2. The number of aryl methyl sites for hydroxylation is 1. The zero-order chi connectivity index (χ0) is 44.2. The van der Waals surface area contributed by atoms with Crippen molar-refractivity contribution < 1.29 is 71.2 Å². The van der Waals surface area contributed by atoms with E-state index in [0.717, 1.165) is 63.2 Å². The van der Waals surface area contributed by atoms with Crippen molar-refractivity contribution in [1.82, 2.24) is 20.6 Å². The molecular formula is C41H40F6N6O7. The largest absolute Gasteiger partial charge is 0.542 e. The van der Waals surface area contributed by atoms with Crippen molar-refractivity contribution in [2.45, 2.75) is 51.0 Å². The number of methoxy groups -OCH3 is 1. The Balaban J connectivity index is 0.000000488. The van der Waals surface area contributed by atoms with Crippen LogP contribution in [-0.2, 0) is 20.8 Å². The van der Waals surface area contributed by atoms with Crippen LogP contribution in [0.2, 0.25) is 0 Å². The standard InChI is InChI=1S/C37H38N6O3.2C2HF3O2/c1-23-29(30-20-27(46-2)16-17-32(30)41-23)21-35(44)42-33(13-7-8-18-39-37(45)28-11-5-6-12-31(28)38)36-40-22-34(43-36)26-15-14-24-9-3-4-10-25(24)19-26;2*3-2(4,5)1(6)7/h3-6,9-12,14-17,19-20,22,33,41H,7-8,13,18,21,38H2,1-2H3,(H,39,45)(H,40,43)(H,42,44);2*(H,6,7)/t33-;;/m0../s1. The molecule has 0 spiro atoms. The van der Waals surface area contributed by atoms with Crippen molar-refractivity contribution in [3.05, 3.63) is 114 Å². The predicted molar refractivity (Wildman–Crippen MR) is 202 cm³/mol. The van der Waals surface area contributed by atoms with Crippen LogP contribution in [0.3, 0.4) is 0 Å². The lowest BCUT2D eigenvalue weighted by atomic mass is 10.0. The molecule has 4 aromatic carbocycles. The highest BCUT2D eigenvalue weighted by molar-refractivity contribution is 5.98. The summed E-state index contributed by atoms with van der Waals surface area (Å²) in [6, 6.07) is 27.5. The van der Waals surface area contributed by atoms with Gasteiger partial charge in [0.1, 0.15) is 35.6 Å². The number of carbonyl (C=O) groups is 4. The van der Waals surface area contributed by atoms with Crippen LogP contribution >= 0.6 is 0 Å². The summed E-state index contributed by atoms with van der Waals surface area (Å²) in [6.07, 6.45) is -5.97. The number of nitrogens with one attached hydrogen (secondary N) is 5. The lowest BCUT2D eigenvalue weighted by Gasteiger charge is -2.15. The van der Waals surface area contributed by atoms with Gasteiger partial charge in [0.05, 0.1) is 19.1 Å². The summed E-state index contributed by atoms with van der Waals surface area (Å²) in [5.74, 6) is -4.64. The number of amides is 2. The van der Waals surface area contributed by atoms with Gasteiger partial charge < -0.3 is 45.9 Å². The minimum Gasteiger partial charge on any atom is -0.542 e. The van der Waals surface area contributed by atoms with Crippen molar-refractivity contribution in [1.29, 1.82) is 0 Å². The molecule has 0 saturated heterocycles. The van der Waals surface area contributed by atoms with Crippen LogP contribution in [0.5, 0.6) is 5.75 Å². The normalized spacial score (nSPS) is 11.8. The number of benzene rings is 4. The quantitative estimate of drug-likeness (QED) is 0.0902. The molecule has 8 N–H and O–H groups in total. The summed E-state index contributed by atoms with van der Waals surface area (Å²) in [6.45, 7) is 2.52. The van der Waals surface area contributed by atoms with Gasteiger partial charge in [-0.25, -0.2) is 9.97 Å². The smallest absolute Gasteiger partial charge is 0.430 e. The number of imidazole rings is 1. The molecular weight excluding hydrogens is 802 g/mol. The van der Waals surface area contributed by atoms with E-state index in [0.29, 0.717) is 24.2 Å². The van der Waals surface area contributed by atoms with Gasteiger partial charge in [0.25, 0.3) is 11.7 Å². The van der Waals surface area contributed by atoms with E-state index in [2.05, 4.69) is 61.7 Å². The Kier molecular flexibility index (Phi) is 15.4. The summed E-state index contributed by atoms with van der Waals surface area (Å²) in [7, 11) is 1.64. The molecule has 0 aliphatic heterocycles. The molecule has 0 aliphatic rings. The molecule has 2 amide bonds. The topological polar surface area (TPSA) is 221 Å².